The molecule has 0 radical (unpaired) electrons. The number of rotatable bonds is 9. The third kappa shape index (κ3) is 7.01. The van der Waals surface area contributed by atoms with Crippen LogP contribution in [0.3, 0.4) is 0 Å². The van der Waals surface area contributed by atoms with E-state index in [1.807, 2.05) is 0 Å². The second kappa shape index (κ2) is 10.8. The number of unbranched alkanes of at least 4 members (excludes halogenated alkanes) is 1. The van der Waals surface area contributed by atoms with Crippen LogP contribution in [0.1, 0.15) is 51.4 Å². The largest absolute Gasteiger partial charge is 0.465 e. The van der Waals surface area contributed by atoms with E-state index in [0.29, 0.717) is 31.5 Å². The highest BCUT2D eigenvalue weighted by Gasteiger charge is 2.64. The van der Waals surface area contributed by atoms with Crippen molar-refractivity contribution < 1.29 is 45.3 Å². The van der Waals surface area contributed by atoms with Crippen LogP contribution in [0.5, 0.6) is 0 Å². The maximum Gasteiger partial charge on any atom is 0.465 e. The summed E-state index contributed by atoms with van der Waals surface area (Å²) in [5.74, 6) is -6.86. The summed E-state index contributed by atoms with van der Waals surface area (Å²) in [5, 5.41) is 0. The summed E-state index contributed by atoms with van der Waals surface area (Å²) in [6, 6.07) is 0. The molecule has 1 heterocycles. The molecule has 10 heteroatoms. The monoisotopic (exact) mass is 434 g/mol. The number of esters is 1. The van der Waals surface area contributed by atoms with Crippen molar-refractivity contribution in [1.29, 1.82) is 0 Å². The summed E-state index contributed by atoms with van der Waals surface area (Å²) >= 11 is 0. The van der Waals surface area contributed by atoms with Crippen molar-refractivity contribution in [3.05, 3.63) is 0 Å². The second-order valence-electron chi connectivity index (χ2n) is 7.82. The Kier molecular flexibility index (Phi) is 9.06. The van der Waals surface area contributed by atoms with Crippen molar-refractivity contribution in [1.82, 2.24) is 0 Å². The van der Waals surface area contributed by atoms with Crippen LogP contribution in [0.4, 0.5) is 26.3 Å². The Morgan fingerprint density at radius 3 is 2.07 bits per heavy atom. The van der Waals surface area contributed by atoms with E-state index in [-0.39, 0.29) is 19.0 Å². The standard InChI is InChI=1S/C19H28F6O4/c20-9-2-1-3-13-4-6-14(7-5-13)15-11-28-16(29-12-15)8-10-27-17(26)18(21,22)19(23,24)25/h13-16H,1-12H2. The van der Waals surface area contributed by atoms with Crippen LogP contribution in [0, 0.1) is 17.8 Å². The summed E-state index contributed by atoms with van der Waals surface area (Å²) in [6.45, 7) is -0.0932. The third-order valence-corrected chi connectivity index (χ3v) is 5.75. The smallest absolute Gasteiger partial charge is 0.461 e. The van der Waals surface area contributed by atoms with Gasteiger partial charge in [0.05, 0.1) is 26.5 Å². The minimum absolute atomic E-state index is 0.117. The van der Waals surface area contributed by atoms with Crippen molar-refractivity contribution in [2.75, 3.05) is 26.5 Å². The highest BCUT2D eigenvalue weighted by molar-refractivity contribution is 5.78. The second-order valence-corrected chi connectivity index (χ2v) is 7.82. The first kappa shape index (κ1) is 24.2. The van der Waals surface area contributed by atoms with Gasteiger partial charge < -0.3 is 14.2 Å². The van der Waals surface area contributed by atoms with E-state index in [9.17, 15) is 31.1 Å². The molecular weight excluding hydrogens is 406 g/mol. The Labute approximate surface area is 166 Å². The van der Waals surface area contributed by atoms with Gasteiger partial charge in [0.2, 0.25) is 0 Å². The summed E-state index contributed by atoms with van der Waals surface area (Å²) in [4.78, 5) is 10.9. The van der Waals surface area contributed by atoms with E-state index in [1.54, 1.807) is 0 Å². The Bertz CT molecular complexity index is 497. The maximum absolute atomic E-state index is 12.8. The Balaban J connectivity index is 1.62. The normalized spacial score (nSPS) is 28.9. The summed E-state index contributed by atoms with van der Waals surface area (Å²) < 4.78 is 89.0. The zero-order valence-electron chi connectivity index (χ0n) is 16.2. The van der Waals surface area contributed by atoms with E-state index < -0.39 is 31.0 Å². The first-order valence-electron chi connectivity index (χ1n) is 10.1. The van der Waals surface area contributed by atoms with Crippen LogP contribution in [-0.2, 0) is 19.0 Å². The number of carbonyl (C=O) groups excluding carboxylic acids is 1. The van der Waals surface area contributed by atoms with Crippen LogP contribution in [0.2, 0.25) is 0 Å². The molecule has 0 amide bonds. The molecule has 29 heavy (non-hydrogen) atoms. The minimum Gasteiger partial charge on any atom is -0.461 e. The number of alkyl halides is 6. The lowest BCUT2D eigenvalue weighted by molar-refractivity contribution is -0.281. The van der Waals surface area contributed by atoms with E-state index in [2.05, 4.69) is 4.74 Å². The van der Waals surface area contributed by atoms with Gasteiger partial charge in [-0.15, -0.1) is 0 Å². The molecule has 1 saturated heterocycles. The first-order valence-corrected chi connectivity index (χ1v) is 10.1. The van der Waals surface area contributed by atoms with Gasteiger partial charge in [-0.25, -0.2) is 4.79 Å². The lowest BCUT2D eigenvalue weighted by Crippen LogP contribution is -2.45. The number of carbonyl (C=O) groups is 1. The molecule has 0 aromatic heterocycles. The average molecular weight is 434 g/mol. The highest BCUT2D eigenvalue weighted by Crippen LogP contribution is 2.38. The predicted octanol–water partition coefficient (Wildman–Crippen LogP) is 5.05. The minimum atomic E-state index is -5.98. The average Bonchev–Trinajstić information content (AvgIpc) is 2.68. The van der Waals surface area contributed by atoms with Crippen molar-refractivity contribution in [2.45, 2.75) is 69.8 Å². The third-order valence-electron chi connectivity index (χ3n) is 5.75. The fraction of sp³-hybridized carbons (Fsp3) is 0.947. The van der Waals surface area contributed by atoms with Crippen molar-refractivity contribution in [3.8, 4) is 0 Å². The topological polar surface area (TPSA) is 44.8 Å². The van der Waals surface area contributed by atoms with Crippen molar-refractivity contribution in [3.63, 3.8) is 0 Å². The van der Waals surface area contributed by atoms with Crippen LogP contribution in [0.25, 0.3) is 0 Å². The maximum atomic E-state index is 12.8. The van der Waals surface area contributed by atoms with Gasteiger partial charge >= 0.3 is 18.1 Å². The van der Waals surface area contributed by atoms with Gasteiger partial charge in [-0.05, 0) is 31.1 Å². The lowest BCUT2D eigenvalue weighted by atomic mass is 9.75. The number of hydrogen-bond acceptors (Lipinski definition) is 4. The fourth-order valence-corrected chi connectivity index (χ4v) is 3.93. The molecule has 0 aromatic rings. The fourth-order valence-electron chi connectivity index (χ4n) is 3.93. The molecule has 2 aliphatic rings. The van der Waals surface area contributed by atoms with Crippen LogP contribution >= 0.6 is 0 Å². The van der Waals surface area contributed by atoms with Crippen molar-refractivity contribution in [2.24, 2.45) is 17.8 Å². The number of halogens is 6. The Morgan fingerprint density at radius 1 is 0.897 bits per heavy atom. The summed E-state index contributed by atoms with van der Waals surface area (Å²) in [7, 11) is 0. The quantitative estimate of drug-likeness (QED) is 0.289. The van der Waals surface area contributed by atoms with Gasteiger partial charge in [-0.3, -0.25) is 4.39 Å². The van der Waals surface area contributed by atoms with Gasteiger partial charge in [0.25, 0.3) is 0 Å². The van der Waals surface area contributed by atoms with E-state index in [4.69, 9.17) is 9.47 Å². The molecular formula is C19H28F6O4. The van der Waals surface area contributed by atoms with Gasteiger partial charge in [0, 0.05) is 12.3 Å². The molecule has 1 saturated carbocycles. The number of ether oxygens (including phenoxy) is 3. The van der Waals surface area contributed by atoms with Crippen LogP contribution in [-0.4, -0.2) is 50.9 Å². The van der Waals surface area contributed by atoms with Gasteiger partial charge in [-0.1, -0.05) is 25.7 Å². The van der Waals surface area contributed by atoms with Gasteiger partial charge in [0.1, 0.15) is 0 Å². The van der Waals surface area contributed by atoms with Crippen LogP contribution in [0.15, 0.2) is 0 Å². The zero-order chi connectivity index (χ0) is 21.5. The van der Waals surface area contributed by atoms with Gasteiger partial charge in [-0.2, -0.15) is 22.0 Å². The van der Waals surface area contributed by atoms with E-state index in [0.717, 1.165) is 38.5 Å². The molecule has 1 aliphatic heterocycles. The molecule has 2 rings (SSSR count). The molecule has 1 aliphatic carbocycles. The first-order chi connectivity index (χ1) is 13.6. The van der Waals surface area contributed by atoms with E-state index in [1.165, 1.54) is 0 Å². The molecule has 2 fully saturated rings. The highest BCUT2D eigenvalue weighted by atomic mass is 19.4. The van der Waals surface area contributed by atoms with Crippen molar-refractivity contribution >= 4 is 5.97 Å². The molecule has 0 bridgehead atoms. The van der Waals surface area contributed by atoms with Crippen LogP contribution < -0.4 is 0 Å². The Hall–Kier alpha value is -1.03. The molecule has 0 atom stereocenters. The Morgan fingerprint density at radius 2 is 1.52 bits per heavy atom. The molecule has 0 N–H and O–H groups in total. The number of hydrogen-bond donors (Lipinski definition) is 0. The predicted molar refractivity (Wildman–Crippen MR) is 91.0 cm³/mol. The molecule has 0 unspecified atom stereocenters. The lowest BCUT2D eigenvalue weighted by Gasteiger charge is -2.37. The SMILES string of the molecule is O=C(OCCC1OCC(C2CCC(CCCCF)CC2)CO1)C(F)(F)C(F)(F)F. The van der Waals surface area contributed by atoms with E-state index >= 15 is 0 Å². The zero-order valence-corrected chi connectivity index (χ0v) is 16.2. The summed E-state index contributed by atoms with van der Waals surface area (Å²) in [6.07, 6.45) is -0.00956. The molecule has 0 spiro atoms. The summed E-state index contributed by atoms with van der Waals surface area (Å²) in [5.41, 5.74) is 0. The molecule has 4 nitrogen and oxygen atoms in total. The molecule has 0 aromatic carbocycles. The van der Waals surface area contributed by atoms with Gasteiger partial charge in [0.15, 0.2) is 6.29 Å². The molecule has 170 valence electrons.